The molecule has 0 saturated carbocycles. The molecule has 2 nitrogen and oxygen atoms in total. The Morgan fingerprint density at radius 3 is 2.67 bits per heavy atom. The number of halogens is 4. The van der Waals surface area contributed by atoms with E-state index in [4.69, 9.17) is 11.6 Å². The Bertz CT molecular complexity index is 830. The first-order valence-electron chi connectivity index (χ1n) is 6.25. The molecule has 1 atom stereocenters. The molecule has 0 saturated heterocycles. The highest BCUT2D eigenvalue weighted by Crippen LogP contribution is 2.31. The molecule has 21 heavy (non-hydrogen) atoms. The van der Waals surface area contributed by atoms with Crippen molar-refractivity contribution in [2.45, 2.75) is 12.3 Å². The fourth-order valence-electron chi connectivity index (χ4n) is 2.24. The molecule has 0 aliphatic carbocycles. The van der Waals surface area contributed by atoms with Crippen molar-refractivity contribution < 1.29 is 4.39 Å². The SMILES string of the molecule is CC(Cl)c1nc2cc(Br)c(F)cc2n1-c1cccc(Br)c1. The summed E-state index contributed by atoms with van der Waals surface area (Å²) >= 11 is 12.9. The van der Waals surface area contributed by atoms with Crippen LogP contribution in [0.15, 0.2) is 45.3 Å². The van der Waals surface area contributed by atoms with Gasteiger partial charge in [-0.25, -0.2) is 9.37 Å². The number of aromatic nitrogens is 2. The van der Waals surface area contributed by atoms with Crippen LogP contribution in [0.3, 0.4) is 0 Å². The molecule has 108 valence electrons. The second kappa shape index (κ2) is 5.71. The van der Waals surface area contributed by atoms with Crippen LogP contribution in [0, 0.1) is 5.82 Å². The number of hydrogen-bond acceptors (Lipinski definition) is 1. The molecular formula is C15H10Br2ClFN2. The summed E-state index contributed by atoms with van der Waals surface area (Å²) in [7, 11) is 0. The summed E-state index contributed by atoms with van der Waals surface area (Å²) in [6.07, 6.45) is 0. The topological polar surface area (TPSA) is 17.8 Å². The Morgan fingerprint density at radius 2 is 2.00 bits per heavy atom. The van der Waals surface area contributed by atoms with E-state index < -0.39 is 0 Å². The molecular weight excluding hydrogens is 422 g/mol. The molecule has 0 radical (unpaired) electrons. The zero-order valence-electron chi connectivity index (χ0n) is 10.9. The lowest BCUT2D eigenvalue weighted by molar-refractivity contribution is 0.622. The van der Waals surface area contributed by atoms with Crippen molar-refractivity contribution in [3.63, 3.8) is 0 Å². The summed E-state index contributed by atoms with van der Waals surface area (Å²) in [5.41, 5.74) is 2.28. The minimum atomic E-state index is -0.326. The normalized spacial score (nSPS) is 12.8. The minimum absolute atomic E-state index is 0.293. The third-order valence-corrected chi connectivity index (χ3v) is 4.44. The Morgan fingerprint density at radius 1 is 1.24 bits per heavy atom. The van der Waals surface area contributed by atoms with Crippen molar-refractivity contribution in [3.8, 4) is 5.69 Å². The maximum absolute atomic E-state index is 13.9. The van der Waals surface area contributed by atoms with Crippen molar-refractivity contribution in [2.75, 3.05) is 0 Å². The van der Waals surface area contributed by atoms with Gasteiger partial charge in [0, 0.05) is 16.2 Å². The van der Waals surface area contributed by atoms with Gasteiger partial charge in [-0.15, -0.1) is 11.6 Å². The van der Waals surface area contributed by atoms with Crippen molar-refractivity contribution in [1.82, 2.24) is 9.55 Å². The summed E-state index contributed by atoms with van der Waals surface area (Å²) < 4.78 is 17.1. The van der Waals surface area contributed by atoms with Crippen LogP contribution in [0.2, 0.25) is 0 Å². The first-order chi connectivity index (χ1) is 9.97. The minimum Gasteiger partial charge on any atom is -0.295 e. The summed E-state index contributed by atoms with van der Waals surface area (Å²) in [6.45, 7) is 1.85. The van der Waals surface area contributed by atoms with E-state index in [-0.39, 0.29) is 11.2 Å². The zero-order valence-corrected chi connectivity index (χ0v) is 14.9. The predicted molar refractivity (Wildman–Crippen MR) is 90.7 cm³/mol. The maximum Gasteiger partial charge on any atom is 0.139 e. The number of hydrogen-bond donors (Lipinski definition) is 0. The van der Waals surface area contributed by atoms with Crippen LogP contribution in [0.5, 0.6) is 0 Å². The predicted octanol–water partition coefficient (Wildman–Crippen LogP) is 5.99. The second-order valence-corrected chi connectivity index (χ2v) is 7.08. The summed E-state index contributed by atoms with van der Waals surface area (Å²) in [5.74, 6) is 0.356. The Balaban J connectivity index is 2.38. The molecule has 0 aliphatic heterocycles. The second-order valence-electron chi connectivity index (χ2n) is 4.66. The molecule has 0 spiro atoms. The molecule has 6 heteroatoms. The van der Waals surface area contributed by atoms with E-state index in [9.17, 15) is 4.39 Å². The first-order valence-corrected chi connectivity index (χ1v) is 8.27. The average molecular weight is 433 g/mol. The van der Waals surface area contributed by atoms with Crippen molar-refractivity contribution in [3.05, 3.63) is 57.0 Å². The van der Waals surface area contributed by atoms with Gasteiger partial charge in [-0.2, -0.15) is 0 Å². The van der Waals surface area contributed by atoms with Crippen LogP contribution >= 0.6 is 43.5 Å². The van der Waals surface area contributed by atoms with E-state index in [1.807, 2.05) is 35.8 Å². The monoisotopic (exact) mass is 430 g/mol. The highest BCUT2D eigenvalue weighted by molar-refractivity contribution is 9.10. The van der Waals surface area contributed by atoms with E-state index in [1.165, 1.54) is 6.07 Å². The number of imidazole rings is 1. The molecule has 3 rings (SSSR count). The lowest BCUT2D eigenvalue weighted by Crippen LogP contribution is -2.02. The number of fused-ring (bicyclic) bond motifs is 1. The lowest BCUT2D eigenvalue weighted by atomic mass is 10.2. The first kappa shape index (κ1) is 15.0. The molecule has 0 amide bonds. The molecule has 1 aromatic heterocycles. The van der Waals surface area contributed by atoms with Crippen molar-refractivity contribution >= 4 is 54.5 Å². The van der Waals surface area contributed by atoms with E-state index in [0.29, 0.717) is 21.3 Å². The van der Waals surface area contributed by atoms with Crippen LogP contribution in [-0.4, -0.2) is 9.55 Å². The van der Waals surface area contributed by atoms with Crippen LogP contribution in [0.4, 0.5) is 4.39 Å². The van der Waals surface area contributed by atoms with Crippen LogP contribution in [0.1, 0.15) is 18.1 Å². The van der Waals surface area contributed by atoms with E-state index >= 15 is 0 Å². The molecule has 1 heterocycles. The highest BCUT2D eigenvalue weighted by Gasteiger charge is 2.18. The number of alkyl halides is 1. The van der Waals surface area contributed by atoms with Gasteiger partial charge >= 0.3 is 0 Å². The molecule has 2 aromatic carbocycles. The molecule has 0 bridgehead atoms. The van der Waals surface area contributed by atoms with Gasteiger partial charge in [0.15, 0.2) is 0 Å². The quantitative estimate of drug-likeness (QED) is 0.455. The van der Waals surface area contributed by atoms with E-state index in [2.05, 4.69) is 36.8 Å². The van der Waals surface area contributed by atoms with Crippen molar-refractivity contribution in [1.29, 1.82) is 0 Å². The average Bonchev–Trinajstić information content (AvgIpc) is 2.78. The van der Waals surface area contributed by atoms with Crippen LogP contribution in [-0.2, 0) is 0 Å². The van der Waals surface area contributed by atoms with Gasteiger partial charge in [0.05, 0.1) is 20.9 Å². The van der Waals surface area contributed by atoms with E-state index in [0.717, 1.165) is 10.2 Å². The molecule has 0 aliphatic rings. The fraction of sp³-hybridized carbons (Fsp3) is 0.133. The standard InChI is InChI=1S/C15H10Br2ClFN2/c1-8(18)15-20-13-6-11(17)12(19)7-14(13)21(15)10-4-2-3-9(16)5-10/h2-8H,1H3. The molecule has 1 unspecified atom stereocenters. The smallest absolute Gasteiger partial charge is 0.139 e. The van der Waals surface area contributed by atoms with Gasteiger partial charge in [0.2, 0.25) is 0 Å². The summed E-state index contributed by atoms with van der Waals surface area (Å²) in [5, 5.41) is -0.293. The Kier molecular flexibility index (Phi) is 4.08. The van der Waals surface area contributed by atoms with Gasteiger partial charge in [-0.3, -0.25) is 4.57 Å². The van der Waals surface area contributed by atoms with Gasteiger partial charge in [0.25, 0.3) is 0 Å². The molecule has 0 N–H and O–H groups in total. The summed E-state index contributed by atoms with van der Waals surface area (Å²) in [4.78, 5) is 4.54. The number of benzene rings is 2. The zero-order chi connectivity index (χ0) is 15.1. The van der Waals surface area contributed by atoms with Gasteiger partial charge in [0.1, 0.15) is 11.6 Å². The van der Waals surface area contributed by atoms with Crippen LogP contribution in [0.25, 0.3) is 16.7 Å². The van der Waals surface area contributed by atoms with Gasteiger partial charge in [-0.05, 0) is 47.1 Å². The molecule has 3 aromatic rings. The third kappa shape index (κ3) is 2.74. The number of nitrogens with zero attached hydrogens (tertiary/aromatic N) is 2. The Labute approximate surface area is 143 Å². The van der Waals surface area contributed by atoms with Gasteiger partial charge in [-0.1, -0.05) is 22.0 Å². The lowest BCUT2D eigenvalue weighted by Gasteiger charge is -2.11. The van der Waals surface area contributed by atoms with E-state index in [1.54, 1.807) is 6.07 Å². The fourth-order valence-corrected chi connectivity index (χ4v) is 3.11. The highest BCUT2D eigenvalue weighted by atomic mass is 79.9. The van der Waals surface area contributed by atoms with Crippen molar-refractivity contribution in [2.24, 2.45) is 0 Å². The van der Waals surface area contributed by atoms with Gasteiger partial charge < -0.3 is 0 Å². The third-order valence-electron chi connectivity index (χ3n) is 3.14. The number of rotatable bonds is 2. The summed E-state index contributed by atoms with van der Waals surface area (Å²) in [6, 6.07) is 10.9. The Hall–Kier alpha value is -0.910. The maximum atomic E-state index is 13.9. The molecule has 0 fully saturated rings. The van der Waals surface area contributed by atoms with Crippen LogP contribution < -0.4 is 0 Å². The largest absolute Gasteiger partial charge is 0.295 e.